The summed E-state index contributed by atoms with van der Waals surface area (Å²) in [6, 6.07) is 1.86. The van der Waals surface area contributed by atoms with E-state index in [0.717, 1.165) is 21.8 Å². The molecule has 0 radical (unpaired) electrons. The first-order valence-electron chi connectivity index (χ1n) is 5.21. The number of nitrogens with one attached hydrogen (secondary N) is 1. The number of halogens is 1. The number of nitrogens with zero attached hydrogens (tertiary/aromatic N) is 3. The number of hydrogen-bond acceptors (Lipinski definition) is 3. The van der Waals surface area contributed by atoms with Crippen LogP contribution in [0.1, 0.15) is 25.6 Å². The molecule has 0 aromatic carbocycles. The molecule has 0 saturated heterocycles. The molecule has 0 aliphatic heterocycles. The van der Waals surface area contributed by atoms with E-state index in [1.54, 1.807) is 6.20 Å². The molecule has 2 aromatic heterocycles. The molecule has 16 heavy (non-hydrogen) atoms. The smallest absolute Gasteiger partial charge is 0.122 e. The van der Waals surface area contributed by atoms with Crippen molar-refractivity contribution in [1.82, 2.24) is 19.9 Å². The van der Waals surface area contributed by atoms with Crippen molar-refractivity contribution in [2.24, 2.45) is 0 Å². The van der Waals surface area contributed by atoms with Gasteiger partial charge in [0.2, 0.25) is 0 Å². The number of rotatable bonds is 2. The first-order chi connectivity index (χ1) is 7.69. The first kappa shape index (κ1) is 9.96. The van der Waals surface area contributed by atoms with E-state index in [-0.39, 0.29) is 5.41 Å². The maximum absolute atomic E-state index is 4.62. The molecule has 0 unspecified atom stereocenters. The van der Waals surface area contributed by atoms with Crippen molar-refractivity contribution in [2.45, 2.75) is 25.2 Å². The minimum Gasteiger partial charge on any atom is -0.336 e. The minimum atomic E-state index is 0.244. The van der Waals surface area contributed by atoms with Gasteiger partial charge < -0.3 is 4.98 Å². The Kier molecular flexibility index (Phi) is 2.10. The third-order valence-corrected chi connectivity index (χ3v) is 3.63. The van der Waals surface area contributed by atoms with E-state index in [4.69, 9.17) is 0 Å². The van der Waals surface area contributed by atoms with Crippen LogP contribution in [0.3, 0.4) is 0 Å². The van der Waals surface area contributed by atoms with Gasteiger partial charge in [0.1, 0.15) is 22.4 Å². The van der Waals surface area contributed by atoms with Gasteiger partial charge in [0, 0.05) is 11.6 Å². The topological polar surface area (TPSA) is 54.5 Å². The Labute approximate surface area is 102 Å². The van der Waals surface area contributed by atoms with Gasteiger partial charge in [0.05, 0.1) is 5.69 Å². The molecular formula is C11H11BrN4. The monoisotopic (exact) mass is 278 g/mol. The highest BCUT2D eigenvalue weighted by molar-refractivity contribution is 9.10. The first-order valence-corrected chi connectivity index (χ1v) is 6.01. The molecule has 82 valence electrons. The van der Waals surface area contributed by atoms with Crippen molar-refractivity contribution in [3.63, 3.8) is 0 Å². The number of H-pyrrole nitrogens is 1. The zero-order valence-corrected chi connectivity index (χ0v) is 10.5. The summed E-state index contributed by atoms with van der Waals surface area (Å²) in [6.07, 6.45) is 5.67. The fraction of sp³-hybridized carbons (Fsp3) is 0.364. The largest absolute Gasteiger partial charge is 0.336 e. The number of aromatic amines is 1. The van der Waals surface area contributed by atoms with Crippen LogP contribution >= 0.6 is 15.9 Å². The summed E-state index contributed by atoms with van der Waals surface area (Å²) >= 11 is 3.50. The lowest BCUT2D eigenvalue weighted by Gasteiger charge is -2.01. The predicted molar refractivity (Wildman–Crippen MR) is 63.9 cm³/mol. The zero-order chi connectivity index (χ0) is 11.2. The molecule has 0 atom stereocenters. The third kappa shape index (κ3) is 1.55. The van der Waals surface area contributed by atoms with E-state index in [1.807, 2.05) is 6.07 Å². The highest BCUT2D eigenvalue weighted by atomic mass is 79.9. The summed E-state index contributed by atoms with van der Waals surface area (Å²) in [6.45, 7) is 2.22. The lowest BCUT2D eigenvalue weighted by Crippen LogP contribution is -2.01. The minimum absolute atomic E-state index is 0.244. The molecule has 4 nitrogen and oxygen atoms in total. The standard InChI is InChI=1S/C11H11BrN4/c1-11(3-4-11)10-15-8(9(12)16-10)7-2-5-13-6-14-7/h2,5-6H,3-4H2,1H3,(H,15,16). The average molecular weight is 279 g/mol. The molecular weight excluding hydrogens is 268 g/mol. The number of imidazole rings is 1. The van der Waals surface area contributed by atoms with Crippen molar-refractivity contribution in [1.29, 1.82) is 0 Å². The molecule has 1 aliphatic carbocycles. The summed E-state index contributed by atoms with van der Waals surface area (Å²) in [7, 11) is 0. The average Bonchev–Trinajstić information content (AvgIpc) is 2.92. The Morgan fingerprint density at radius 2 is 2.25 bits per heavy atom. The van der Waals surface area contributed by atoms with E-state index in [2.05, 4.69) is 42.8 Å². The zero-order valence-electron chi connectivity index (χ0n) is 8.87. The summed E-state index contributed by atoms with van der Waals surface area (Å²) in [5, 5.41) is 0. The molecule has 1 saturated carbocycles. The van der Waals surface area contributed by atoms with Gasteiger partial charge in [-0.3, -0.25) is 0 Å². The summed E-state index contributed by atoms with van der Waals surface area (Å²) in [4.78, 5) is 16.0. The van der Waals surface area contributed by atoms with Crippen molar-refractivity contribution in [3.05, 3.63) is 29.0 Å². The molecule has 0 spiro atoms. The molecule has 0 bridgehead atoms. The third-order valence-electron chi connectivity index (χ3n) is 3.06. The molecule has 5 heteroatoms. The Balaban J connectivity index is 2.06. The summed E-state index contributed by atoms with van der Waals surface area (Å²) < 4.78 is 0.898. The van der Waals surface area contributed by atoms with Gasteiger partial charge in [-0.2, -0.15) is 0 Å². The summed E-state index contributed by atoms with van der Waals surface area (Å²) in [5.41, 5.74) is 1.95. The van der Waals surface area contributed by atoms with Gasteiger partial charge in [-0.15, -0.1) is 0 Å². The molecule has 3 rings (SSSR count). The molecule has 0 amide bonds. The SMILES string of the molecule is CC1(c2nc(-c3ccncn3)c(Br)[nH]2)CC1. The van der Waals surface area contributed by atoms with Crippen LogP contribution in [0, 0.1) is 0 Å². The Morgan fingerprint density at radius 1 is 1.44 bits per heavy atom. The van der Waals surface area contributed by atoms with Gasteiger partial charge >= 0.3 is 0 Å². The molecule has 1 N–H and O–H groups in total. The van der Waals surface area contributed by atoms with E-state index >= 15 is 0 Å². The fourth-order valence-corrected chi connectivity index (χ4v) is 2.14. The van der Waals surface area contributed by atoms with Crippen molar-refractivity contribution in [2.75, 3.05) is 0 Å². The van der Waals surface area contributed by atoms with Gasteiger partial charge in [-0.05, 0) is 34.8 Å². The second kappa shape index (κ2) is 3.38. The van der Waals surface area contributed by atoms with Gasteiger partial charge in [-0.25, -0.2) is 15.0 Å². The second-order valence-electron chi connectivity index (χ2n) is 4.40. The second-order valence-corrected chi connectivity index (χ2v) is 5.20. The summed E-state index contributed by atoms with van der Waals surface area (Å²) in [5.74, 6) is 1.05. The van der Waals surface area contributed by atoms with Gasteiger partial charge in [-0.1, -0.05) is 6.92 Å². The predicted octanol–water partition coefficient (Wildman–Crippen LogP) is 2.68. The maximum Gasteiger partial charge on any atom is 0.122 e. The van der Waals surface area contributed by atoms with Crippen LogP contribution in [-0.2, 0) is 5.41 Å². The lowest BCUT2D eigenvalue weighted by molar-refractivity contribution is 0.723. The van der Waals surface area contributed by atoms with Gasteiger partial charge in [0.25, 0.3) is 0 Å². The number of aromatic nitrogens is 4. The molecule has 2 heterocycles. The van der Waals surface area contributed by atoms with E-state index in [9.17, 15) is 0 Å². The molecule has 1 fully saturated rings. The maximum atomic E-state index is 4.62. The van der Waals surface area contributed by atoms with Crippen molar-refractivity contribution < 1.29 is 0 Å². The van der Waals surface area contributed by atoms with Crippen molar-refractivity contribution in [3.8, 4) is 11.4 Å². The molecule has 1 aliphatic rings. The Bertz CT molecular complexity index is 516. The quantitative estimate of drug-likeness (QED) is 0.919. The van der Waals surface area contributed by atoms with Crippen LogP contribution in [0.15, 0.2) is 23.2 Å². The normalized spacial score (nSPS) is 17.4. The highest BCUT2D eigenvalue weighted by Gasteiger charge is 2.42. The Morgan fingerprint density at radius 3 is 2.88 bits per heavy atom. The van der Waals surface area contributed by atoms with Crippen molar-refractivity contribution >= 4 is 15.9 Å². The van der Waals surface area contributed by atoms with Crippen LogP contribution in [0.4, 0.5) is 0 Å². The van der Waals surface area contributed by atoms with Crippen LogP contribution < -0.4 is 0 Å². The lowest BCUT2D eigenvalue weighted by atomic mass is 10.1. The number of hydrogen-bond donors (Lipinski definition) is 1. The van der Waals surface area contributed by atoms with E-state index in [1.165, 1.54) is 19.2 Å². The van der Waals surface area contributed by atoms with Gasteiger partial charge in [0.15, 0.2) is 0 Å². The fourth-order valence-electron chi connectivity index (χ4n) is 1.66. The van der Waals surface area contributed by atoms with Crippen LogP contribution in [0.2, 0.25) is 0 Å². The highest BCUT2D eigenvalue weighted by Crippen LogP contribution is 2.47. The van der Waals surface area contributed by atoms with Crippen LogP contribution in [0.25, 0.3) is 11.4 Å². The van der Waals surface area contributed by atoms with E-state index in [0.29, 0.717) is 0 Å². The van der Waals surface area contributed by atoms with Crippen LogP contribution in [0.5, 0.6) is 0 Å². The Hall–Kier alpha value is -1.23. The van der Waals surface area contributed by atoms with E-state index < -0.39 is 0 Å². The van der Waals surface area contributed by atoms with Crippen LogP contribution in [-0.4, -0.2) is 19.9 Å². The molecule has 2 aromatic rings.